The van der Waals surface area contributed by atoms with Crippen molar-refractivity contribution in [1.82, 2.24) is 49.8 Å². The third-order valence-electron chi connectivity index (χ3n) is 16.2. The second-order valence-electron chi connectivity index (χ2n) is 25.4. The quantitative estimate of drug-likeness (QED) is 0.0323. The van der Waals surface area contributed by atoms with Crippen LogP contribution in [0.2, 0.25) is 20.1 Å². The zero-order valence-electron chi connectivity index (χ0n) is 62.9. The van der Waals surface area contributed by atoms with Crippen molar-refractivity contribution in [2.24, 2.45) is 0 Å². The maximum Gasteiger partial charge on any atom is 0.119 e. The summed E-state index contributed by atoms with van der Waals surface area (Å²) in [6.07, 6.45) is 0.165. The molecule has 13 rings (SSSR count). The summed E-state index contributed by atoms with van der Waals surface area (Å²) in [6.45, 7) is 29.2. The highest BCUT2D eigenvalue weighted by atomic mass is 35.5. The van der Waals surface area contributed by atoms with E-state index in [-0.39, 0.29) is 28.9 Å². The van der Waals surface area contributed by atoms with Crippen molar-refractivity contribution in [2.75, 3.05) is 52.9 Å². The summed E-state index contributed by atoms with van der Waals surface area (Å²) >= 11 is 35.1. The van der Waals surface area contributed by atoms with Gasteiger partial charge < -0.3 is 41.9 Å². The number of alkyl halides is 2. The molecule has 7 aromatic carbocycles. The normalized spacial score (nSPS) is 12.8. The van der Waals surface area contributed by atoms with Crippen molar-refractivity contribution >= 4 is 69.6 Å². The fourth-order valence-corrected chi connectivity index (χ4v) is 11.3. The van der Waals surface area contributed by atoms with Crippen LogP contribution in [0.5, 0.6) is 17.2 Å². The van der Waals surface area contributed by atoms with Gasteiger partial charge in [0.25, 0.3) is 0 Å². The number of aromatic hydroxyl groups is 1. The Hall–Kier alpha value is -7.68. The van der Waals surface area contributed by atoms with Gasteiger partial charge in [-0.15, -0.1) is 23.2 Å². The Labute approximate surface area is 667 Å². The van der Waals surface area contributed by atoms with E-state index in [4.69, 9.17) is 98.8 Å². The average molecular weight is 1580 g/mol. The summed E-state index contributed by atoms with van der Waals surface area (Å²) in [5.74, 6) is 3.18. The first-order valence-corrected chi connectivity index (χ1v) is 36.9. The van der Waals surface area contributed by atoms with Gasteiger partial charge in [-0.1, -0.05) is 187 Å². The van der Waals surface area contributed by atoms with Gasteiger partial charge in [0.05, 0.1) is 67.6 Å². The maximum absolute atomic E-state index is 10.4. The van der Waals surface area contributed by atoms with Crippen molar-refractivity contribution in [2.45, 2.75) is 148 Å². The van der Waals surface area contributed by atoms with Gasteiger partial charge >= 0.3 is 0 Å². The number of halogens is 6. The molecular weight excluding hydrogens is 1470 g/mol. The number of H-pyrrole nitrogens is 1. The number of ether oxygens (including phenoxy) is 4. The molecule has 3 unspecified atom stereocenters. The minimum Gasteiger partial charge on any atom is -0.508 e. The van der Waals surface area contributed by atoms with Gasteiger partial charge in [0.15, 0.2) is 0 Å². The van der Waals surface area contributed by atoms with Crippen LogP contribution in [0.25, 0.3) is 0 Å². The summed E-state index contributed by atoms with van der Waals surface area (Å²) in [5.41, 5.74) is 19.1. The van der Waals surface area contributed by atoms with E-state index in [0.717, 1.165) is 127 Å². The zero-order chi connectivity index (χ0) is 75.7. The predicted molar refractivity (Wildman–Crippen MR) is 447 cm³/mol. The van der Waals surface area contributed by atoms with Crippen molar-refractivity contribution in [1.29, 1.82) is 0 Å². The Bertz CT molecular complexity index is 4250. The molecule has 4 N–H and O–H groups in total. The fourth-order valence-electron chi connectivity index (χ4n) is 10.1. The molecule has 2 saturated heterocycles. The monoisotopic (exact) mass is 1580 g/mol. The Morgan fingerprint density at radius 3 is 1.30 bits per heavy atom. The van der Waals surface area contributed by atoms with E-state index in [1.807, 2.05) is 240 Å². The Morgan fingerprint density at radius 2 is 0.953 bits per heavy atom. The van der Waals surface area contributed by atoms with Crippen LogP contribution in [0.4, 0.5) is 0 Å². The molecule has 22 heteroatoms. The number of phenols is 1. The van der Waals surface area contributed by atoms with Gasteiger partial charge in [0.1, 0.15) is 42.7 Å². The largest absolute Gasteiger partial charge is 0.508 e. The van der Waals surface area contributed by atoms with Crippen LogP contribution < -0.4 is 14.8 Å². The molecule has 6 heterocycles. The molecule has 16 nitrogen and oxygen atoms in total. The van der Waals surface area contributed by atoms with Crippen LogP contribution >= 0.6 is 69.6 Å². The van der Waals surface area contributed by atoms with Crippen LogP contribution in [0.3, 0.4) is 0 Å². The average Bonchev–Trinajstić information content (AvgIpc) is 1.69. The Morgan fingerprint density at radius 1 is 0.542 bits per heavy atom. The van der Waals surface area contributed by atoms with E-state index < -0.39 is 6.10 Å². The minimum absolute atomic E-state index is 0. The Balaban J connectivity index is 0.000000336. The topological polar surface area (TPSA) is 181 Å². The van der Waals surface area contributed by atoms with Crippen molar-refractivity contribution in [3.05, 3.63) is 305 Å². The highest BCUT2D eigenvalue weighted by molar-refractivity contribution is 6.32. The molecule has 0 amide bonds. The third-order valence-corrected chi connectivity index (χ3v) is 18.3. The van der Waals surface area contributed by atoms with E-state index in [1.54, 1.807) is 12.1 Å². The first-order valence-electron chi connectivity index (χ1n) is 34.3. The molecule has 2 aliphatic rings. The summed E-state index contributed by atoms with van der Waals surface area (Å²) in [4.78, 5) is 2.10. The molecule has 11 aromatic rings. The van der Waals surface area contributed by atoms with E-state index in [9.17, 15) is 5.11 Å². The number of aryl methyl sites for hydroxylation is 9. The lowest BCUT2D eigenvalue weighted by Gasteiger charge is -2.21. The number of phenolic OH excluding ortho intramolecular Hbond substituents is 1. The smallest absolute Gasteiger partial charge is 0.119 e. The van der Waals surface area contributed by atoms with Gasteiger partial charge in [0.2, 0.25) is 0 Å². The van der Waals surface area contributed by atoms with Crippen molar-refractivity contribution in [3.8, 4) is 17.2 Å². The molecule has 4 aromatic heterocycles. The second kappa shape index (κ2) is 49.4. The van der Waals surface area contributed by atoms with Crippen LogP contribution in [0.1, 0.15) is 110 Å². The van der Waals surface area contributed by atoms with Gasteiger partial charge in [-0.2, -0.15) is 20.4 Å². The van der Waals surface area contributed by atoms with Gasteiger partial charge in [0, 0.05) is 79.5 Å². The number of benzene rings is 7. The number of nitrogens with zero attached hydrogens (tertiary/aromatic N) is 8. The van der Waals surface area contributed by atoms with Crippen LogP contribution in [0, 0.1) is 83.6 Å². The number of nitrogens with one attached hydrogen (secondary N) is 2. The number of rotatable bonds is 20. The minimum atomic E-state index is -0.574. The first kappa shape index (κ1) is 93.5. The van der Waals surface area contributed by atoms with Crippen LogP contribution in [-0.4, -0.2) is 126 Å². The van der Waals surface area contributed by atoms with Crippen LogP contribution in [0.15, 0.2) is 182 Å². The molecule has 0 bridgehead atoms. The molecule has 0 aliphatic carbocycles. The van der Waals surface area contributed by atoms with Crippen molar-refractivity contribution in [3.63, 3.8) is 0 Å². The van der Waals surface area contributed by atoms with Gasteiger partial charge in [-0.25, -0.2) is 0 Å². The predicted octanol–water partition coefficient (Wildman–Crippen LogP) is 20.4. The highest BCUT2D eigenvalue weighted by Crippen LogP contribution is 2.24. The summed E-state index contributed by atoms with van der Waals surface area (Å²) in [5, 5.41) is 45.8. The molecule has 2 aliphatic heterocycles. The van der Waals surface area contributed by atoms with Gasteiger partial charge in [-0.3, -0.25) is 24.0 Å². The lowest BCUT2D eigenvalue weighted by Crippen LogP contribution is -2.33. The third kappa shape index (κ3) is 34.6. The summed E-state index contributed by atoms with van der Waals surface area (Å²) in [6, 6.07) is 58.2. The molecule has 2 fully saturated rings. The molecule has 580 valence electrons. The maximum atomic E-state index is 10.4. The molecular formula is C85H111Cl6N10O6-. The molecule has 0 spiro atoms. The second-order valence-corrected chi connectivity index (χ2v) is 27.6. The van der Waals surface area contributed by atoms with Crippen LogP contribution in [-0.2, 0) is 48.1 Å². The standard InChI is InChI=1S/C24H30ClN3O2.C14H18ClN3.C12H13ClN2.C10H12O2.C7H6Cl2.C7H8O.C5H8N2.C3H5ClO.2CH4.CH3/c1-17-9-11-22(12-10-17)30-16-21(29)14-27(4)15-23-18(2)26-28(19(23)3)13-20-7-5-6-8-24(20)25;1-10-13(8-16-3)11(2)18(17-10)9-12-6-4-5-7-14(12)15;1-9-7-10(2)15(14-9)8-11-5-3-4-6-12(11)13;1-8-2-4-9(5-3-8)11-6-10-7-12-10;8-5-6-3-1-2-4-7(6)9;1-6-2-4-7(8)5-3-6;1-4-3-5(2)7-6-4;4-1-3-2-5-3;;;/h5-12,21,29H,13-16H2,1-4H3;4-7,16H,8-9H2,1-3H3;3-7H,8H2,1-2H3;2-5,10H,6-7H2,1H3;1-4H,5H2;2-5,8H,1H3;3H,1-2H3,(H,6,7);3H,1-2H2;2*1H4;1H3/q;;;;;;;;;;-1. The number of epoxide rings is 2. The number of likely N-dealkylation sites (N-methyl/N-ethyl adjacent to an activating group) is 1. The molecule has 0 saturated carbocycles. The van der Waals surface area contributed by atoms with E-state index in [0.29, 0.717) is 56.0 Å². The summed E-state index contributed by atoms with van der Waals surface area (Å²) < 4.78 is 26.9. The lowest BCUT2D eigenvalue weighted by atomic mass is 10.1. The molecule has 0 radical (unpaired) electrons. The molecule has 3 atom stereocenters. The Kier molecular flexibility index (Phi) is 43.2. The first-order chi connectivity index (χ1) is 49.8. The zero-order valence-corrected chi connectivity index (χ0v) is 67.4. The number of hydrogen-bond acceptors (Lipinski definition) is 12. The SMILES string of the molecule is C.C.CNCc1c(C)nn(Cc2ccccc2Cl)c1C.Cc1cc(C)[nH]n1.Cc1cc(C)n(Cc2ccccc2Cl)n1.Cc1ccc(O)cc1.Cc1ccc(OCC(O)CN(C)Cc2c(C)nn(Cc3ccccc3Cl)c2C)cc1.Cc1ccc(OCC2CO2)cc1.ClCC1CO1.ClCc1ccccc1Cl.[CH3-]. The number of aliphatic hydroxyl groups excluding tert-OH is 1. The van der Waals surface area contributed by atoms with Crippen molar-refractivity contribution < 1.29 is 29.2 Å². The number of aliphatic hydroxyl groups is 1. The van der Waals surface area contributed by atoms with E-state index in [1.165, 1.54) is 33.5 Å². The van der Waals surface area contributed by atoms with Gasteiger partial charge in [-0.05, 0) is 185 Å². The van der Waals surface area contributed by atoms with E-state index >= 15 is 0 Å². The molecule has 107 heavy (non-hydrogen) atoms. The summed E-state index contributed by atoms with van der Waals surface area (Å²) in [7, 11) is 3.95. The fraction of sp³-hybridized carbons (Fsp3) is 0.353. The van der Waals surface area contributed by atoms with E-state index in [2.05, 4.69) is 64.4 Å². The lowest BCUT2D eigenvalue weighted by molar-refractivity contribution is 0.0743. The number of hydrogen-bond donors (Lipinski definition) is 4. The highest BCUT2D eigenvalue weighted by Gasteiger charge is 2.23. The number of aromatic nitrogens is 8. The number of aromatic amines is 1.